The van der Waals surface area contributed by atoms with E-state index < -0.39 is 0 Å². The van der Waals surface area contributed by atoms with Gasteiger partial charge in [0, 0.05) is 10.7 Å². The second-order valence-electron chi connectivity index (χ2n) is 2.43. The van der Waals surface area contributed by atoms with Crippen LogP contribution in [0.3, 0.4) is 0 Å². The fourth-order valence-corrected chi connectivity index (χ4v) is 4.75. The SMILES string of the molecule is O=C(CCl)Nc1c(I)cc(I)cc1I. The fraction of sp³-hybridized carbons (Fsp3) is 0.125. The van der Waals surface area contributed by atoms with Crippen molar-refractivity contribution < 1.29 is 4.79 Å². The van der Waals surface area contributed by atoms with Crippen molar-refractivity contribution in [2.24, 2.45) is 0 Å². The molecule has 76 valence electrons. The molecule has 0 aliphatic rings. The maximum Gasteiger partial charge on any atom is 0.239 e. The molecule has 1 aromatic rings. The lowest BCUT2D eigenvalue weighted by Gasteiger charge is -2.08. The molecule has 0 bridgehead atoms. The number of rotatable bonds is 2. The van der Waals surface area contributed by atoms with Crippen LogP contribution in [0.25, 0.3) is 0 Å². The average molecular weight is 547 g/mol. The van der Waals surface area contributed by atoms with Gasteiger partial charge < -0.3 is 5.32 Å². The van der Waals surface area contributed by atoms with Gasteiger partial charge in [-0.2, -0.15) is 0 Å². The van der Waals surface area contributed by atoms with E-state index >= 15 is 0 Å². The zero-order chi connectivity index (χ0) is 10.7. The lowest BCUT2D eigenvalue weighted by Crippen LogP contribution is -2.14. The molecule has 0 heterocycles. The first-order valence-corrected chi connectivity index (χ1v) is 7.32. The first kappa shape index (κ1) is 13.2. The molecule has 0 radical (unpaired) electrons. The van der Waals surface area contributed by atoms with Crippen LogP contribution in [0.1, 0.15) is 0 Å². The molecule has 0 saturated carbocycles. The summed E-state index contributed by atoms with van der Waals surface area (Å²) in [7, 11) is 0. The van der Waals surface area contributed by atoms with Crippen LogP contribution in [-0.4, -0.2) is 11.8 Å². The van der Waals surface area contributed by atoms with Crippen molar-refractivity contribution in [2.75, 3.05) is 11.2 Å². The molecular weight excluding hydrogens is 542 g/mol. The van der Waals surface area contributed by atoms with Gasteiger partial charge in [-0.05, 0) is 79.9 Å². The van der Waals surface area contributed by atoms with Crippen LogP contribution in [0.15, 0.2) is 12.1 Å². The second-order valence-corrected chi connectivity index (χ2v) is 6.26. The number of alkyl halides is 1. The number of hydrogen-bond donors (Lipinski definition) is 1. The molecule has 0 aromatic heterocycles. The number of benzene rings is 1. The van der Waals surface area contributed by atoms with E-state index in [1.54, 1.807) is 0 Å². The molecule has 14 heavy (non-hydrogen) atoms. The topological polar surface area (TPSA) is 29.1 Å². The lowest BCUT2D eigenvalue weighted by atomic mass is 10.3. The van der Waals surface area contributed by atoms with Crippen LogP contribution in [0.4, 0.5) is 5.69 Å². The normalized spacial score (nSPS) is 10.0. The van der Waals surface area contributed by atoms with Gasteiger partial charge in [-0.25, -0.2) is 0 Å². The Balaban J connectivity index is 3.02. The van der Waals surface area contributed by atoms with Gasteiger partial charge in [0.2, 0.25) is 5.91 Å². The second kappa shape index (κ2) is 6.04. The lowest BCUT2D eigenvalue weighted by molar-refractivity contribution is -0.113. The summed E-state index contributed by atoms with van der Waals surface area (Å²) in [4.78, 5) is 11.1. The predicted octanol–water partition coefficient (Wildman–Crippen LogP) is 3.68. The highest BCUT2D eigenvalue weighted by Gasteiger charge is 2.09. The summed E-state index contributed by atoms with van der Waals surface area (Å²) < 4.78 is 3.20. The molecule has 1 N–H and O–H groups in total. The largest absolute Gasteiger partial charge is 0.323 e. The first-order valence-electron chi connectivity index (χ1n) is 3.55. The molecule has 0 aliphatic carbocycles. The minimum atomic E-state index is -0.177. The van der Waals surface area contributed by atoms with Gasteiger partial charge in [-0.3, -0.25) is 4.79 Å². The van der Waals surface area contributed by atoms with E-state index in [1.807, 2.05) is 12.1 Å². The Hall–Kier alpha value is 1.17. The van der Waals surface area contributed by atoms with Crippen LogP contribution in [-0.2, 0) is 4.79 Å². The molecule has 0 atom stereocenters. The van der Waals surface area contributed by atoms with Crippen LogP contribution < -0.4 is 5.32 Å². The van der Waals surface area contributed by atoms with E-state index in [0.29, 0.717) is 0 Å². The van der Waals surface area contributed by atoms with Crippen molar-refractivity contribution in [2.45, 2.75) is 0 Å². The summed E-state index contributed by atoms with van der Waals surface area (Å²) >= 11 is 12.0. The van der Waals surface area contributed by atoms with Crippen molar-refractivity contribution in [3.05, 3.63) is 22.8 Å². The summed E-state index contributed by atoms with van der Waals surface area (Å²) in [5.74, 6) is -0.193. The number of carbonyl (C=O) groups is 1. The smallest absolute Gasteiger partial charge is 0.239 e. The van der Waals surface area contributed by atoms with E-state index in [4.69, 9.17) is 11.6 Å². The number of amides is 1. The number of carbonyl (C=O) groups excluding carboxylic acids is 1. The Kier molecular flexibility index (Phi) is 5.71. The monoisotopic (exact) mass is 547 g/mol. The molecular formula is C8H5ClI3NO. The molecule has 0 saturated heterocycles. The van der Waals surface area contributed by atoms with Crippen molar-refractivity contribution >= 4 is 91.0 Å². The minimum Gasteiger partial charge on any atom is -0.323 e. The van der Waals surface area contributed by atoms with Crippen molar-refractivity contribution in [1.82, 2.24) is 0 Å². The van der Waals surface area contributed by atoms with Crippen molar-refractivity contribution in [3.8, 4) is 0 Å². The number of hydrogen-bond acceptors (Lipinski definition) is 1. The van der Waals surface area contributed by atoms with Gasteiger partial charge in [0.15, 0.2) is 0 Å². The van der Waals surface area contributed by atoms with Gasteiger partial charge >= 0.3 is 0 Å². The minimum absolute atomic E-state index is 0.0157. The van der Waals surface area contributed by atoms with Gasteiger partial charge in [0.05, 0.1) is 5.69 Å². The molecule has 0 spiro atoms. The van der Waals surface area contributed by atoms with Crippen LogP contribution in [0.5, 0.6) is 0 Å². The average Bonchev–Trinajstić information content (AvgIpc) is 2.10. The van der Waals surface area contributed by atoms with Gasteiger partial charge in [0.1, 0.15) is 5.88 Å². The molecule has 6 heteroatoms. The highest BCUT2D eigenvalue weighted by molar-refractivity contribution is 14.1. The fourth-order valence-electron chi connectivity index (χ4n) is 0.834. The molecule has 2 nitrogen and oxygen atoms in total. The molecule has 1 amide bonds. The van der Waals surface area contributed by atoms with Crippen molar-refractivity contribution in [3.63, 3.8) is 0 Å². The summed E-state index contributed by atoms with van der Waals surface area (Å²) in [6.45, 7) is 0. The number of nitrogens with one attached hydrogen (secondary N) is 1. The Bertz CT molecular complexity index is 347. The maximum absolute atomic E-state index is 11.1. The van der Waals surface area contributed by atoms with E-state index in [1.165, 1.54) is 0 Å². The Labute approximate surface area is 128 Å². The highest BCUT2D eigenvalue weighted by atomic mass is 127. The molecule has 1 rings (SSSR count). The van der Waals surface area contributed by atoms with Crippen LogP contribution in [0, 0.1) is 10.7 Å². The quantitative estimate of drug-likeness (QED) is 0.445. The third-order valence-corrected chi connectivity index (χ3v) is 3.96. The van der Waals surface area contributed by atoms with Crippen molar-refractivity contribution in [1.29, 1.82) is 0 Å². The number of anilines is 1. The van der Waals surface area contributed by atoms with Gasteiger partial charge in [-0.1, -0.05) is 0 Å². The van der Waals surface area contributed by atoms with Crippen LogP contribution >= 0.6 is 79.4 Å². The predicted molar refractivity (Wildman–Crippen MR) is 83.9 cm³/mol. The molecule has 0 fully saturated rings. The summed E-state index contributed by atoms with van der Waals surface area (Å²) in [6.07, 6.45) is 0. The van der Waals surface area contributed by atoms with E-state index in [2.05, 4.69) is 73.1 Å². The van der Waals surface area contributed by atoms with Gasteiger partial charge in [0.25, 0.3) is 0 Å². The summed E-state index contributed by atoms with van der Waals surface area (Å²) in [5.41, 5.74) is 0.845. The third kappa shape index (κ3) is 3.63. The highest BCUT2D eigenvalue weighted by Crippen LogP contribution is 2.27. The molecule has 0 aliphatic heterocycles. The number of halogens is 4. The van der Waals surface area contributed by atoms with Crippen LogP contribution in [0.2, 0.25) is 0 Å². The standard InChI is InChI=1S/C8H5ClI3NO/c9-3-7(14)13-8-5(11)1-4(10)2-6(8)12/h1-2H,3H2,(H,13,14). The van der Waals surface area contributed by atoms with Gasteiger partial charge in [-0.15, -0.1) is 11.6 Å². The maximum atomic E-state index is 11.1. The Morgan fingerprint density at radius 1 is 1.29 bits per heavy atom. The first-order chi connectivity index (χ1) is 6.54. The van der Waals surface area contributed by atoms with E-state index in [0.717, 1.165) is 16.4 Å². The van der Waals surface area contributed by atoms with E-state index in [9.17, 15) is 4.79 Å². The summed E-state index contributed by atoms with van der Waals surface area (Å²) in [6, 6.07) is 4.01. The molecule has 1 aromatic carbocycles. The zero-order valence-corrected chi connectivity index (χ0v) is 14.0. The third-order valence-electron chi connectivity index (χ3n) is 1.39. The Morgan fingerprint density at radius 3 is 2.21 bits per heavy atom. The zero-order valence-electron chi connectivity index (χ0n) is 6.78. The Morgan fingerprint density at radius 2 is 1.79 bits per heavy atom. The van der Waals surface area contributed by atoms with E-state index in [-0.39, 0.29) is 11.8 Å². The summed E-state index contributed by atoms with van der Waals surface area (Å²) in [5, 5.41) is 2.77. The molecule has 0 unspecified atom stereocenters.